The lowest BCUT2D eigenvalue weighted by molar-refractivity contribution is -0.120. The van der Waals surface area contributed by atoms with Crippen LogP contribution in [-0.4, -0.2) is 38.1 Å². The number of nitrogens with one attached hydrogen (secondary N) is 2. The minimum Gasteiger partial charge on any atom is -0.493 e. The van der Waals surface area contributed by atoms with Crippen molar-refractivity contribution in [3.05, 3.63) is 52.0 Å². The van der Waals surface area contributed by atoms with Crippen molar-refractivity contribution in [2.75, 3.05) is 36.5 Å². The zero-order valence-corrected chi connectivity index (χ0v) is 17.6. The van der Waals surface area contributed by atoms with Crippen molar-refractivity contribution in [3.8, 4) is 5.75 Å². The van der Waals surface area contributed by atoms with Gasteiger partial charge in [-0.15, -0.1) is 0 Å². The molecule has 0 unspecified atom stereocenters. The van der Waals surface area contributed by atoms with Gasteiger partial charge in [0.05, 0.1) is 23.9 Å². The Bertz CT molecular complexity index is 905. The number of rotatable bonds is 7. The van der Waals surface area contributed by atoms with Crippen molar-refractivity contribution in [2.45, 2.75) is 19.8 Å². The number of ether oxygens (including phenoxy) is 1. The third-order valence-electron chi connectivity index (χ3n) is 4.55. The summed E-state index contributed by atoms with van der Waals surface area (Å²) in [5, 5.41) is 6.80. The summed E-state index contributed by atoms with van der Waals surface area (Å²) in [6.07, 6.45) is 0.918. The van der Waals surface area contributed by atoms with E-state index in [0.717, 1.165) is 17.0 Å². The van der Waals surface area contributed by atoms with E-state index in [-0.39, 0.29) is 18.4 Å². The maximum absolute atomic E-state index is 12.2. The normalized spacial score (nSPS) is 13.8. The monoisotopic (exact) mass is 435 g/mol. The van der Waals surface area contributed by atoms with Crippen LogP contribution in [-0.2, 0) is 9.59 Å². The molecule has 2 N–H and O–H groups in total. The lowest BCUT2D eigenvalue weighted by Crippen LogP contribution is -2.47. The highest BCUT2D eigenvalue weighted by Gasteiger charge is 2.18. The van der Waals surface area contributed by atoms with Crippen LogP contribution in [0.25, 0.3) is 0 Å². The fourth-order valence-corrected chi connectivity index (χ4v) is 3.63. The van der Waals surface area contributed by atoms with E-state index in [9.17, 15) is 9.59 Å². The third kappa shape index (κ3) is 6.02. The average molecular weight is 436 g/mol. The van der Waals surface area contributed by atoms with Crippen molar-refractivity contribution in [2.24, 2.45) is 0 Å². The van der Waals surface area contributed by atoms with Crippen LogP contribution in [0.3, 0.4) is 0 Å². The zero-order valence-electron chi connectivity index (χ0n) is 16.1. The Balaban J connectivity index is 1.46. The maximum Gasteiger partial charge on any atom is 0.239 e. The molecule has 0 atom stereocenters. The summed E-state index contributed by atoms with van der Waals surface area (Å²) in [7, 11) is 0. The molecule has 1 saturated heterocycles. The van der Waals surface area contributed by atoms with Gasteiger partial charge in [0.1, 0.15) is 5.75 Å². The second-order valence-corrected chi connectivity index (χ2v) is 7.69. The molecular formula is C21H23Cl2N3O3. The Morgan fingerprint density at radius 2 is 2.07 bits per heavy atom. The van der Waals surface area contributed by atoms with Gasteiger partial charge in [0, 0.05) is 30.2 Å². The first kappa shape index (κ1) is 21.3. The summed E-state index contributed by atoms with van der Waals surface area (Å²) in [6, 6.07) is 10.8. The molecule has 154 valence electrons. The average Bonchev–Trinajstić information content (AvgIpc) is 2.66. The molecule has 0 radical (unpaired) electrons. The van der Waals surface area contributed by atoms with Crippen LogP contribution >= 0.6 is 23.2 Å². The van der Waals surface area contributed by atoms with E-state index in [0.29, 0.717) is 48.3 Å². The van der Waals surface area contributed by atoms with Gasteiger partial charge in [-0.1, -0.05) is 23.2 Å². The number of anilines is 2. The van der Waals surface area contributed by atoms with E-state index in [1.54, 1.807) is 18.2 Å². The summed E-state index contributed by atoms with van der Waals surface area (Å²) >= 11 is 12.3. The Morgan fingerprint density at radius 1 is 1.24 bits per heavy atom. The first-order chi connectivity index (χ1) is 13.9. The molecular weight excluding hydrogens is 413 g/mol. The molecule has 6 nitrogen and oxygen atoms in total. The van der Waals surface area contributed by atoms with E-state index in [1.165, 1.54) is 0 Å². The molecule has 0 aromatic heterocycles. The van der Waals surface area contributed by atoms with Crippen molar-refractivity contribution >= 4 is 46.4 Å². The predicted octanol–water partition coefficient (Wildman–Crippen LogP) is 4.04. The fraction of sp³-hybridized carbons (Fsp3) is 0.333. The summed E-state index contributed by atoms with van der Waals surface area (Å²) in [4.78, 5) is 25.7. The standard InChI is InChI=1S/C21H23Cl2N3O3/c1-14-11-15(22)4-7-19(14)29-10-2-3-20(27)25-16-5-6-18(17(23)12-16)26-9-8-24-21(28)13-26/h4-7,11-12H,2-3,8-10,13H2,1H3,(H,24,28)(H,25,27). The molecule has 2 amide bonds. The Hall–Kier alpha value is -2.44. The van der Waals surface area contributed by atoms with Gasteiger partial charge in [0.25, 0.3) is 0 Å². The number of hydrogen-bond acceptors (Lipinski definition) is 4. The SMILES string of the molecule is Cc1cc(Cl)ccc1OCCCC(=O)Nc1ccc(N2CCNC(=O)C2)c(Cl)c1. The van der Waals surface area contributed by atoms with Crippen LogP contribution in [0.2, 0.25) is 10.0 Å². The molecule has 0 aliphatic carbocycles. The highest BCUT2D eigenvalue weighted by Crippen LogP contribution is 2.29. The summed E-state index contributed by atoms with van der Waals surface area (Å²) in [6.45, 7) is 3.93. The minimum absolute atomic E-state index is 0.0271. The predicted molar refractivity (Wildman–Crippen MR) is 116 cm³/mol. The second-order valence-electron chi connectivity index (χ2n) is 6.85. The number of carbonyl (C=O) groups excluding carboxylic acids is 2. The Labute approximate surface area is 180 Å². The van der Waals surface area contributed by atoms with Crippen LogP contribution < -0.4 is 20.3 Å². The number of aryl methyl sites for hydroxylation is 1. The van der Waals surface area contributed by atoms with Gasteiger partial charge in [0.2, 0.25) is 11.8 Å². The number of piperazine rings is 1. The van der Waals surface area contributed by atoms with Gasteiger partial charge in [0.15, 0.2) is 0 Å². The molecule has 2 aromatic carbocycles. The molecule has 3 rings (SSSR count). The second kappa shape index (κ2) is 9.85. The number of benzene rings is 2. The summed E-state index contributed by atoms with van der Waals surface area (Å²) in [5.41, 5.74) is 2.37. The first-order valence-corrected chi connectivity index (χ1v) is 10.2. The number of carbonyl (C=O) groups is 2. The van der Waals surface area contributed by atoms with Crippen LogP contribution in [0.4, 0.5) is 11.4 Å². The number of halogens is 2. The largest absolute Gasteiger partial charge is 0.493 e. The highest BCUT2D eigenvalue weighted by atomic mass is 35.5. The lowest BCUT2D eigenvalue weighted by atomic mass is 10.2. The molecule has 1 aliphatic rings. The fourth-order valence-electron chi connectivity index (χ4n) is 3.10. The minimum atomic E-state index is -0.109. The van der Waals surface area contributed by atoms with Gasteiger partial charge >= 0.3 is 0 Å². The molecule has 29 heavy (non-hydrogen) atoms. The molecule has 0 bridgehead atoms. The number of nitrogens with zero attached hydrogens (tertiary/aromatic N) is 1. The van der Waals surface area contributed by atoms with Gasteiger partial charge in [-0.05, 0) is 55.3 Å². The highest BCUT2D eigenvalue weighted by molar-refractivity contribution is 6.33. The number of amides is 2. The molecule has 0 spiro atoms. The van der Waals surface area contributed by atoms with Crippen molar-refractivity contribution in [1.29, 1.82) is 0 Å². The summed E-state index contributed by atoms with van der Waals surface area (Å²) in [5.74, 6) is 0.631. The molecule has 1 heterocycles. The van der Waals surface area contributed by atoms with Gasteiger partial charge in [-0.25, -0.2) is 0 Å². The van der Waals surface area contributed by atoms with E-state index in [1.807, 2.05) is 30.0 Å². The third-order valence-corrected chi connectivity index (χ3v) is 5.09. The molecule has 1 fully saturated rings. The topological polar surface area (TPSA) is 70.7 Å². The van der Waals surface area contributed by atoms with E-state index >= 15 is 0 Å². The van der Waals surface area contributed by atoms with Crippen LogP contribution in [0, 0.1) is 6.92 Å². The van der Waals surface area contributed by atoms with Crippen molar-refractivity contribution in [1.82, 2.24) is 5.32 Å². The van der Waals surface area contributed by atoms with Crippen molar-refractivity contribution < 1.29 is 14.3 Å². The Morgan fingerprint density at radius 3 is 2.79 bits per heavy atom. The van der Waals surface area contributed by atoms with Gasteiger partial charge < -0.3 is 20.3 Å². The first-order valence-electron chi connectivity index (χ1n) is 9.42. The van der Waals surface area contributed by atoms with Gasteiger partial charge in [-0.3, -0.25) is 9.59 Å². The zero-order chi connectivity index (χ0) is 20.8. The molecule has 0 saturated carbocycles. The van der Waals surface area contributed by atoms with E-state index < -0.39 is 0 Å². The van der Waals surface area contributed by atoms with Gasteiger partial charge in [-0.2, -0.15) is 0 Å². The summed E-state index contributed by atoms with van der Waals surface area (Å²) < 4.78 is 5.71. The smallest absolute Gasteiger partial charge is 0.239 e. The Kier molecular flexibility index (Phi) is 7.23. The number of hydrogen-bond donors (Lipinski definition) is 2. The quantitative estimate of drug-likeness (QED) is 0.643. The van der Waals surface area contributed by atoms with Crippen molar-refractivity contribution in [3.63, 3.8) is 0 Å². The van der Waals surface area contributed by atoms with Crippen LogP contribution in [0.1, 0.15) is 18.4 Å². The molecule has 2 aromatic rings. The van der Waals surface area contributed by atoms with E-state index in [4.69, 9.17) is 27.9 Å². The van der Waals surface area contributed by atoms with E-state index in [2.05, 4.69) is 10.6 Å². The van der Waals surface area contributed by atoms with Crippen LogP contribution in [0.15, 0.2) is 36.4 Å². The lowest BCUT2D eigenvalue weighted by Gasteiger charge is -2.29. The molecule has 8 heteroatoms. The molecule has 1 aliphatic heterocycles. The maximum atomic E-state index is 12.2. The van der Waals surface area contributed by atoms with Crippen LogP contribution in [0.5, 0.6) is 5.75 Å².